The zero-order valence-electron chi connectivity index (χ0n) is 16.8. The molecule has 8 nitrogen and oxygen atoms in total. The smallest absolute Gasteiger partial charge is 0.268 e. The second-order valence-electron chi connectivity index (χ2n) is 6.38. The number of nitrogens with zero attached hydrogens (tertiary/aromatic N) is 4. The maximum atomic E-state index is 12.7. The summed E-state index contributed by atoms with van der Waals surface area (Å²) in [5.41, 5.74) is 1.49. The van der Waals surface area contributed by atoms with Gasteiger partial charge in [-0.3, -0.25) is 9.59 Å². The molecule has 29 heavy (non-hydrogen) atoms. The Kier molecular flexibility index (Phi) is 6.95. The molecule has 0 aromatic carbocycles. The first-order chi connectivity index (χ1) is 14.0. The minimum absolute atomic E-state index is 0.132. The van der Waals surface area contributed by atoms with Crippen LogP contribution < -0.4 is 5.56 Å². The van der Waals surface area contributed by atoms with Crippen molar-refractivity contribution >= 4 is 17.2 Å². The average Bonchev–Trinajstić information content (AvgIpc) is 3.38. The van der Waals surface area contributed by atoms with Crippen molar-refractivity contribution in [1.29, 1.82) is 0 Å². The van der Waals surface area contributed by atoms with Crippen LogP contribution in [0.4, 0.5) is 0 Å². The Morgan fingerprint density at radius 1 is 1.34 bits per heavy atom. The Morgan fingerprint density at radius 2 is 2.17 bits per heavy atom. The summed E-state index contributed by atoms with van der Waals surface area (Å²) in [6.45, 7) is 7.55. The van der Waals surface area contributed by atoms with Gasteiger partial charge in [-0.25, -0.2) is 4.68 Å². The fraction of sp³-hybridized carbons (Fsp3) is 0.400. The van der Waals surface area contributed by atoms with Gasteiger partial charge < -0.3 is 14.2 Å². The Bertz CT molecular complexity index is 1010. The van der Waals surface area contributed by atoms with E-state index in [4.69, 9.17) is 9.26 Å². The van der Waals surface area contributed by atoms with Crippen LogP contribution in [0, 0.1) is 6.92 Å². The Morgan fingerprint density at radius 3 is 2.79 bits per heavy atom. The molecule has 0 radical (unpaired) electrons. The standard InChI is InChI=1S/C20H24N4O4S/c1-4-23(8-9-27-5-2)19(26)13-24-18(25)12-15(16-11-14(3)22-28-16)20(21-24)17-7-6-10-29-17/h6-7,10-12H,4-5,8-9,13H2,1-3H3. The van der Waals surface area contributed by atoms with Crippen LogP contribution in [0.3, 0.4) is 0 Å². The number of hydrogen-bond donors (Lipinski definition) is 0. The predicted octanol–water partition coefficient (Wildman–Crippen LogP) is 2.82. The third-order valence-corrected chi connectivity index (χ3v) is 5.25. The average molecular weight is 417 g/mol. The van der Waals surface area contributed by atoms with E-state index in [0.29, 0.717) is 49.0 Å². The molecule has 0 saturated carbocycles. The fourth-order valence-corrected chi connectivity index (χ4v) is 3.61. The number of ether oxygens (including phenoxy) is 1. The largest absolute Gasteiger partial charge is 0.380 e. The molecule has 0 unspecified atom stereocenters. The van der Waals surface area contributed by atoms with Crippen molar-refractivity contribution < 1.29 is 14.1 Å². The van der Waals surface area contributed by atoms with Crippen LogP contribution in [-0.2, 0) is 16.1 Å². The number of aryl methyl sites for hydroxylation is 1. The lowest BCUT2D eigenvalue weighted by atomic mass is 10.1. The van der Waals surface area contributed by atoms with E-state index < -0.39 is 0 Å². The SMILES string of the molecule is CCOCCN(CC)C(=O)Cn1nc(-c2cccs2)c(-c2cc(C)no2)cc1=O. The summed E-state index contributed by atoms with van der Waals surface area (Å²) in [5.74, 6) is 0.295. The minimum Gasteiger partial charge on any atom is -0.380 e. The molecule has 0 saturated heterocycles. The van der Waals surface area contributed by atoms with E-state index in [9.17, 15) is 9.59 Å². The highest BCUT2D eigenvalue weighted by Gasteiger charge is 2.19. The third-order valence-electron chi connectivity index (χ3n) is 4.38. The fourth-order valence-electron chi connectivity index (χ4n) is 2.88. The molecule has 0 spiro atoms. The molecule has 0 fully saturated rings. The molecule has 154 valence electrons. The van der Waals surface area contributed by atoms with Gasteiger partial charge in [-0.1, -0.05) is 11.2 Å². The zero-order chi connectivity index (χ0) is 20.8. The van der Waals surface area contributed by atoms with E-state index in [1.165, 1.54) is 22.1 Å². The maximum Gasteiger partial charge on any atom is 0.268 e. The molecular formula is C20H24N4O4S. The van der Waals surface area contributed by atoms with Gasteiger partial charge in [0.15, 0.2) is 5.76 Å². The normalized spacial score (nSPS) is 11.0. The third kappa shape index (κ3) is 4.99. The van der Waals surface area contributed by atoms with Gasteiger partial charge in [0.05, 0.1) is 22.7 Å². The van der Waals surface area contributed by atoms with Gasteiger partial charge in [0.2, 0.25) is 5.91 Å². The lowest BCUT2D eigenvalue weighted by molar-refractivity contribution is -0.132. The van der Waals surface area contributed by atoms with Crippen molar-refractivity contribution in [3.63, 3.8) is 0 Å². The summed E-state index contributed by atoms with van der Waals surface area (Å²) >= 11 is 1.50. The van der Waals surface area contributed by atoms with Crippen molar-refractivity contribution in [2.75, 3.05) is 26.3 Å². The summed E-state index contributed by atoms with van der Waals surface area (Å²) in [7, 11) is 0. The monoisotopic (exact) mass is 416 g/mol. The number of rotatable bonds is 9. The van der Waals surface area contributed by atoms with Crippen molar-refractivity contribution in [3.8, 4) is 21.9 Å². The van der Waals surface area contributed by atoms with Crippen molar-refractivity contribution in [1.82, 2.24) is 19.8 Å². The number of carbonyl (C=O) groups excluding carboxylic acids is 1. The predicted molar refractivity (Wildman–Crippen MR) is 111 cm³/mol. The molecule has 0 aliphatic rings. The molecule has 0 atom stereocenters. The summed E-state index contributed by atoms with van der Waals surface area (Å²) in [6, 6.07) is 7.03. The molecule has 0 bridgehead atoms. The topological polar surface area (TPSA) is 90.5 Å². The number of aromatic nitrogens is 3. The van der Waals surface area contributed by atoms with E-state index >= 15 is 0 Å². The molecule has 3 rings (SSSR count). The summed E-state index contributed by atoms with van der Waals surface area (Å²) in [4.78, 5) is 27.9. The van der Waals surface area contributed by atoms with Crippen LogP contribution in [0.25, 0.3) is 21.9 Å². The zero-order valence-corrected chi connectivity index (χ0v) is 17.6. The summed E-state index contributed by atoms with van der Waals surface area (Å²) in [5, 5.41) is 10.3. The van der Waals surface area contributed by atoms with E-state index in [1.54, 1.807) is 11.0 Å². The first kappa shape index (κ1) is 20.9. The highest BCUT2D eigenvalue weighted by molar-refractivity contribution is 7.13. The van der Waals surface area contributed by atoms with Gasteiger partial charge in [0, 0.05) is 31.8 Å². The van der Waals surface area contributed by atoms with E-state index in [-0.39, 0.29) is 18.0 Å². The van der Waals surface area contributed by atoms with Gasteiger partial charge in [-0.2, -0.15) is 5.10 Å². The summed E-state index contributed by atoms with van der Waals surface area (Å²) in [6.07, 6.45) is 0. The minimum atomic E-state index is -0.372. The van der Waals surface area contributed by atoms with Gasteiger partial charge >= 0.3 is 0 Å². The number of hydrogen-bond acceptors (Lipinski definition) is 7. The van der Waals surface area contributed by atoms with Crippen LogP contribution >= 0.6 is 11.3 Å². The lowest BCUT2D eigenvalue weighted by Gasteiger charge is -2.21. The van der Waals surface area contributed by atoms with Crippen molar-refractivity contribution in [2.24, 2.45) is 0 Å². The van der Waals surface area contributed by atoms with E-state index in [2.05, 4.69) is 10.3 Å². The molecule has 3 heterocycles. The number of carbonyl (C=O) groups is 1. The van der Waals surface area contributed by atoms with Gasteiger partial charge in [-0.05, 0) is 32.2 Å². The lowest BCUT2D eigenvalue weighted by Crippen LogP contribution is -2.39. The first-order valence-electron chi connectivity index (χ1n) is 9.48. The Hall–Kier alpha value is -2.78. The molecule has 3 aromatic rings. The van der Waals surface area contributed by atoms with Crippen LogP contribution in [0.15, 0.2) is 39.0 Å². The highest BCUT2D eigenvalue weighted by Crippen LogP contribution is 2.32. The molecule has 0 aliphatic heterocycles. The van der Waals surface area contributed by atoms with Crippen LogP contribution in [0.5, 0.6) is 0 Å². The van der Waals surface area contributed by atoms with Crippen molar-refractivity contribution in [2.45, 2.75) is 27.3 Å². The number of amides is 1. The maximum absolute atomic E-state index is 12.7. The van der Waals surface area contributed by atoms with Crippen molar-refractivity contribution in [3.05, 3.63) is 45.7 Å². The molecule has 9 heteroatoms. The molecular weight excluding hydrogens is 392 g/mol. The number of thiophene rings is 1. The molecule has 0 N–H and O–H groups in total. The van der Waals surface area contributed by atoms with Crippen LogP contribution in [0.1, 0.15) is 19.5 Å². The quantitative estimate of drug-likeness (QED) is 0.498. The van der Waals surface area contributed by atoms with E-state index in [0.717, 1.165) is 4.88 Å². The van der Waals surface area contributed by atoms with Gasteiger partial charge in [0.1, 0.15) is 12.2 Å². The van der Waals surface area contributed by atoms with Gasteiger partial charge in [0.25, 0.3) is 5.56 Å². The van der Waals surface area contributed by atoms with Gasteiger partial charge in [-0.15, -0.1) is 11.3 Å². The second kappa shape index (κ2) is 9.62. The Balaban J connectivity index is 1.93. The van der Waals surface area contributed by atoms with Crippen LogP contribution in [0.2, 0.25) is 0 Å². The Labute approximate surface area is 172 Å². The van der Waals surface area contributed by atoms with E-state index in [1.807, 2.05) is 38.3 Å². The number of likely N-dealkylation sites (N-methyl/N-ethyl adjacent to an activating group) is 1. The first-order valence-corrected chi connectivity index (χ1v) is 10.4. The molecule has 3 aromatic heterocycles. The summed E-state index contributed by atoms with van der Waals surface area (Å²) < 4.78 is 11.9. The molecule has 1 amide bonds. The van der Waals surface area contributed by atoms with Crippen LogP contribution in [-0.4, -0.2) is 52.0 Å². The second-order valence-corrected chi connectivity index (χ2v) is 7.33. The highest BCUT2D eigenvalue weighted by atomic mass is 32.1. The molecule has 0 aliphatic carbocycles.